The molecule has 0 spiro atoms. The Labute approximate surface area is 179 Å². The normalized spacial score (nSPS) is 15.5. The summed E-state index contributed by atoms with van der Waals surface area (Å²) >= 11 is 5.07. The van der Waals surface area contributed by atoms with Gasteiger partial charge in [0.2, 0.25) is 0 Å². The summed E-state index contributed by atoms with van der Waals surface area (Å²) in [5.41, 5.74) is 4.23. The average molecular weight is 423 g/mol. The topological polar surface area (TPSA) is 91.6 Å². The van der Waals surface area contributed by atoms with Crippen molar-refractivity contribution in [1.82, 2.24) is 14.8 Å². The van der Waals surface area contributed by atoms with Crippen LogP contribution in [0.3, 0.4) is 0 Å². The molecule has 3 rings (SSSR count). The largest absolute Gasteiger partial charge is 0.478 e. The molecule has 1 aliphatic rings. The lowest BCUT2D eigenvalue weighted by atomic mass is 10.1. The summed E-state index contributed by atoms with van der Waals surface area (Å²) in [6, 6.07) is 6.78. The second kappa shape index (κ2) is 8.08. The lowest BCUT2D eigenvalue weighted by Crippen LogP contribution is -2.53. The highest BCUT2D eigenvalue weighted by Crippen LogP contribution is 2.26. The van der Waals surface area contributed by atoms with Crippen LogP contribution in [0.2, 0.25) is 0 Å². The number of nitrogens with zero attached hydrogens (tertiary/aromatic N) is 2. The number of amides is 2. The van der Waals surface area contributed by atoms with Crippen molar-refractivity contribution in [2.75, 3.05) is 6.54 Å². The maximum Gasteiger partial charge on any atom is 0.335 e. The highest BCUT2D eigenvalue weighted by atomic mass is 32.1. The summed E-state index contributed by atoms with van der Waals surface area (Å²) in [5, 5.41) is 11.8. The molecule has 0 saturated carbocycles. The third-order valence-corrected chi connectivity index (χ3v) is 5.27. The van der Waals surface area contributed by atoms with Crippen molar-refractivity contribution < 1.29 is 19.5 Å². The summed E-state index contributed by atoms with van der Waals surface area (Å²) in [6.07, 6.45) is 3.09. The number of carbonyl (C=O) groups is 3. The number of hydrogen-bond donors (Lipinski definition) is 2. The fourth-order valence-corrected chi connectivity index (χ4v) is 3.74. The van der Waals surface area contributed by atoms with Crippen molar-refractivity contribution in [1.29, 1.82) is 0 Å². The zero-order chi connectivity index (χ0) is 22.2. The van der Waals surface area contributed by atoms with Crippen LogP contribution in [-0.2, 0) is 9.59 Å². The Kier molecular flexibility index (Phi) is 5.71. The molecule has 0 radical (unpaired) electrons. The number of benzene rings is 1. The summed E-state index contributed by atoms with van der Waals surface area (Å²) in [7, 11) is 0. The van der Waals surface area contributed by atoms with E-state index in [0.717, 1.165) is 22.6 Å². The molecular formula is C22H21N3O4S. The minimum absolute atomic E-state index is 0.0105. The van der Waals surface area contributed by atoms with Crippen molar-refractivity contribution in [3.8, 4) is 5.69 Å². The van der Waals surface area contributed by atoms with Gasteiger partial charge in [0.15, 0.2) is 5.11 Å². The Bertz CT molecular complexity index is 1140. The van der Waals surface area contributed by atoms with Crippen LogP contribution in [-0.4, -0.2) is 44.0 Å². The standard InChI is InChI=1S/C22H21N3O4S/c1-5-8-24-20(27)17(19(26)23-22(24)30)11-16-10-13(3)25(14(16)4)18-7-6-15(21(28)29)9-12(18)2/h5-7,9-11H,1,8H2,2-4H3,(H,28,29)(H,23,26,30)/b17-11-. The van der Waals surface area contributed by atoms with Gasteiger partial charge in [-0.2, -0.15) is 0 Å². The molecule has 0 bridgehead atoms. The van der Waals surface area contributed by atoms with Crippen LogP contribution in [0, 0.1) is 20.8 Å². The first-order valence-corrected chi connectivity index (χ1v) is 9.59. The van der Waals surface area contributed by atoms with E-state index in [9.17, 15) is 19.5 Å². The average Bonchev–Trinajstić information content (AvgIpc) is 2.95. The Balaban J connectivity index is 2.07. The smallest absolute Gasteiger partial charge is 0.335 e. The molecule has 154 valence electrons. The van der Waals surface area contributed by atoms with Crippen LogP contribution in [0.5, 0.6) is 0 Å². The maximum atomic E-state index is 12.8. The molecule has 7 nitrogen and oxygen atoms in total. The summed E-state index contributed by atoms with van der Waals surface area (Å²) < 4.78 is 1.96. The number of nitrogens with one attached hydrogen (secondary N) is 1. The van der Waals surface area contributed by atoms with E-state index in [1.807, 2.05) is 31.4 Å². The fraction of sp³-hybridized carbons (Fsp3) is 0.182. The zero-order valence-electron chi connectivity index (χ0n) is 16.9. The first-order chi connectivity index (χ1) is 14.1. The van der Waals surface area contributed by atoms with E-state index in [1.54, 1.807) is 24.3 Å². The van der Waals surface area contributed by atoms with E-state index in [2.05, 4.69) is 11.9 Å². The molecule has 0 aliphatic carbocycles. The highest BCUT2D eigenvalue weighted by molar-refractivity contribution is 7.80. The van der Waals surface area contributed by atoms with Crippen LogP contribution in [0.4, 0.5) is 0 Å². The van der Waals surface area contributed by atoms with Gasteiger partial charge in [0.25, 0.3) is 11.8 Å². The Morgan fingerprint density at radius 2 is 1.93 bits per heavy atom. The van der Waals surface area contributed by atoms with Crippen LogP contribution < -0.4 is 5.32 Å². The Morgan fingerprint density at radius 1 is 1.23 bits per heavy atom. The van der Waals surface area contributed by atoms with Gasteiger partial charge in [0.1, 0.15) is 5.57 Å². The number of aromatic carboxylic acids is 1. The van der Waals surface area contributed by atoms with Gasteiger partial charge in [-0.1, -0.05) is 6.08 Å². The second-order valence-corrected chi connectivity index (χ2v) is 7.38. The SMILES string of the molecule is C=CCN1C(=O)/C(=C\c2cc(C)n(-c3ccc(C(=O)O)cc3C)c2C)C(=O)NC1=S. The van der Waals surface area contributed by atoms with E-state index in [1.165, 1.54) is 11.0 Å². The lowest BCUT2D eigenvalue weighted by Gasteiger charge is -2.27. The predicted molar refractivity (Wildman–Crippen MR) is 118 cm³/mol. The molecule has 0 unspecified atom stereocenters. The molecule has 8 heteroatoms. The van der Waals surface area contributed by atoms with E-state index >= 15 is 0 Å². The number of rotatable bonds is 5. The first kappa shape index (κ1) is 21.2. The van der Waals surface area contributed by atoms with Gasteiger partial charge in [0, 0.05) is 23.6 Å². The summed E-state index contributed by atoms with van der Waals surface area (Å²) in [4.78, 5) is 37.7. The van der Waals surface area contributed by atoms with Crippen LogP contribution in [0.1, 0.15) is 32.9 Å². The fourth-order valence-electron chi connectivity index (χ4n) is 3.49. The third-order valence-electron chi connectivity index (χ3n) is 4.95. The molecule has 1 aliphatic heterocycles. The van der Waals surface area contributed by atoms with E-state index in [-0.39, 0.29) is 22.8 Å². The quantitative estimate of drug-likeness (QED) is 0.334. The van der Waals surface area contributed by atoms with E-state index in [0.29, 0.717) is 5.56 Å². The number of thiocarbonyl (C=S) groups is 1. The molecule has 2 aromatic rings. The third kappa shape index (κ3) is 3.69. The number of hydrogen-bond acceptors (Lipinski definition) is 4. The molecule has 1 aromatic heterocycles. The molecule has 2 heterocycles. The van der Waals surface area contributed by atoms with Crippen LogP contribution in [0.25, 0.3) is 11.8 Å². The van der Waals surface area contributed by atoms with Gasteiger partial charge >= 0.3 is 5.97 Å². The van der Waals surface area contributed by atoms with Gasteiger partial charge in [0.05, 0.1) is 5.56 Å². The molecule has 2 N–H and O–H groups in total. The summed E-state index contributed by atoms with van der Waals surface area (Å²) in [5.74, 6) is -2.01. The lowest BCUT2D eigenvalue weighted by molar-refractivity contribution is -0.128. The van der Waals surface area contributed by atoms with Crippen molar-refractivity contribution in [2.45, 2.75) is 20.8 Å². The second-order valence-electron chi connectivity index (χ2n) is 6.99. The van der Waals surface area contributed by atoms with Crippen LogP contribution in [0.15, 0.2) is 42.5 Å². The Hall–Kier alpha value is -3.52. The first-order valence-electron chi connectivity index (χ1n) is 9.18. The van der Waals surface area contributed by atoms with Gasteiger partial charge in [-0.25, -0.2) is 4.79 Å². The Morgan fingerprint density at radius 3 is 2.53 bits per heavy atom. The minimum atomic E-state index is -0.986. The van der Waals surface area contributed by atoms with E-state index < -0.39 is 17.8 Å². The number of carbonyl (C=O) groups excluding carboxylic acids is 2. The minimum Gasteiger partial charge on any atom is -0.478 e. The number of aryl methyl sites for hydroxylation is 2. The highest BCUT2D eigenvalue weighted by Gasteiger charge is 2.33. The monoisotopic (exact) mass is 423 g/mol. The van der Waals surface area contributed by atoms with E-state index in [4.69, 9.17) is 12.2 Å². The zero-order valence-corrected chi connectivity index (χ0v) is 17.7. The molecule has 1 saturated heterocycles. The molecule has 30 heavy (non-hydrogen) atoms. The number of aromatic nitrogens is 1. The molecule has 1 fully saturated rings. The van der Waals surface area contributed by atoms with Crippen molar-refractivity contribution in [3.63, 3.8) is 0 Å². The van der Waals surface area contributed by atoms with Gasteiger partial charge in [-0.05, 0) is 74.5 Å². The molecule has 2 amide bonds. The summed E-state index contributed by atoms with van der Waals surface area (Å²) in [6.45, 7) is 9.43. The van der Waals surface area contributed by atoms with Crippen LogP contribution >= 0.6 is 12.2 Å². The number of carboxylic acid groups (broad SMARTS) is 1. The molecule has 1 aromatic carbocycles. The number of carboxylic acids is 1. The van der Waals surface area contributed by atoms with Gasteiger partial charge in [-0.3, -0.25) is 19.8 Å². The maximum absolute atomic E-state index is 12.8. The van der Waals surface area contributed by atoms with Crippen molar-refractivity contribution in [3.05, 3.63) is 70.6 Å². The van der Waals surface area contributed by atoms with Gasteiger partial charge in [-0.15, -0.1) is 6.58 Å². The molecule has 0 atom stereocenters. The van der Waals surface area contributed by atoms with Crippen molar-refractivity contribution in [2.24, 2.45) is 0 Å². The predicted octanol–water partition coefficient (Wildman–Crippen LogP) is 2.91. The van der Waals surface area contributed by atoms with Gasteiger partial charge < -0.3 is 9.67 Å². The molecular weight excluding hydrogens is 402 g/mol. The van der Waals surface area contributed by atoms with Crippen molar-refractivity contribution >= 4 is 41.2 Å².